The van der Waals surface area contributed by atoms with Crippen LogP contribution in [-0.2, 0) is 8.85 Å². The standard InChI is InChI=1S/C10H26N2O2Si/c1-4-10(8-7-9-12-11)15(13-5-2)14-6-3/h10,12,15H,4-9,11H2,1-3H3. The van der Waals surface area contributed by atoms with Crippen LogP contribution in [0.25, 0.3) is 0 Å². The maximum absolute atomic E-state index is 5.73. The molecular weight excluding hydrogens is 208 g/mol. The summed E-state index contributed by atoms with van der Waals surface area (Å²) in [7, 11) is -1.46. The van der Waals surface area contributed by atoms with E-state index in [2.05, 4.69) is 12.3 Å². The molecule has 0 spiro atoms. The first kappa shape index (κ1) is 15.1. The molecule has 1 atom stereocenters. The third kappa shape index (κ3) is 7.02. The highest BCUT2D eigenvalue weighted by Gasteiger charge is 2.23. The van der Waals surface area contributed by atoms with Crippen LogP contribution in [0.1, 0.15) is 40.0 Å². The quantitative estimate of drug-likeness (QED) is 0.259. The van der Waals surface area contributed by atoms with Gasteiger partial charge in [0, 0.05) is 19.8 Å². The number of hydrogen-bond acceptors (Lipinski definition) is 4. The molecule has 0 bridgehead atoms. The highest BCUT2D eigenvalue weighted by molar-refractivity contribution is 6.46. The van der Waals surface area contributed by atoms with Gasteiger partial charge < -0.3 is 8.85 Å². The zero-order chi connectivity index (χ0) is 11.5. The van der Waals surface area contributed by atoms with Gasteiger partial charge in [-0.25, -0.2) is 0 Å². The van der Waals surface area contributed by atoms with Crippen LogP contribution >= 0.6 is 0 Å². The van der Waals surface area contributed by atoms with Crippen LogP contribution in [0.5, 0.6) is 0 Å². The Balaban J connectivity index is 3.93. The molecule has 0 aliphatic carbocycles. The number of hydrazine groups is 1. The van der Waals surface area contributed by atoms with Crippen molar-refractivity contribution in [3.05, 3.63) is 0 Å². The van der Waals surface area contributed by atoms with E-state index in [1.165, 1.54) is 0 Å². The topological polar surface area (TPSA) is 56.5 Å². The summed E-state index contributed by atoms with van der Waals surface area (Å²) in [6.45, 7) is 8.68. The smallest absolute Gasteiger partial charge is 0.324 e. The van der Waals surface area contributed by atoms with Crippen molar-refractivity contribution < 1.29 is 8.85 Å². The SMILES string of the molecule is CCO[SiH](OCC)C(CC)CCCNN. The van der Waals surface area contributed by atoms with Crippen LogP contribution in [0.4, 0.5) is 0 Å². The lowest BCUT2D eigenvalue weighted by Gasteiger charge is -2.23. The molecule has 3 N–H and O–H groups in total. The first-order valence-electron chi connectivity index (χ1n) is 5.96. The zero-order valence-electron chi connectivity index (χ0n) is 10.3. The van der Waals surface area contributed by atoms with Crippen molar-refractivity contribution in [3.63, 3.8) is 0 Å². The van der Waals surface area contributed by atoms with Crippen LogP contribution in [0.3, 0.4) is 0 Å². The van der Waals surface area contributed by atoms with Crippen molar-refractivity contribution in [3.8, 4) is 0 Å². The molecule has 15 heavy (non-hydrogen) atoms. The first-order chi connectivity index (χ1) is 7.29. The average molecular weight is 234 g/mol. The molecule has 0 saturated heterocycles. The fraction of sp³-hybridized carbons (Fsp3) is 1.00. The van der Waals surface area contributed by atoms with E-state index in [0.29, 0.717) is 5.54 Å². The van der Waals surface area contributed by atoms with E-state index in [1.807, 2.05) is 13.8 Å². The van der Waals surface area contributed by atoms with E-state index in [-0.39, 0.29) is 0 Å². The Bertz CT molecular complexity index is 133. The van der Waals surface area contributed by atoms with Crippen molar-refractivity contribution in [1.29, 1.82) is 0 Å². The third-order valence-corrected chi connectivity index (χ3v) is 5.37. The Morgan fingerprint density at radius 3 is 2.20 bits per heavy atom. The van der Waals surface area contributed by atoms with Crippen LogP contribution < -0.4 is 11.3 Å². The summed E-state index contributed by atoms with van der Waals surface area (Å²) in [6, 6.07) is 0. The van der Waals surface area contributed by atoms with Gasteiger partial charge in [0.15, 0.2) is 0 Å². The molecule has 0 aromatic rings. The predicted octanol–water partition coefficient (Wildman–Crippen LogP) is 1.30. The molecule has 0 fully saturated rings. The van der Waals surface area contributed by atoms with Crippen LogP contribution in [0.15, 0.2) is 0 Å². The van der Waals surface area contributed by atoms with E-state index < -0.39 is 9.28 Å². The summed E-state index contributed by atoms with van der Waals surface area (Å²) < 4.78 is 11.5. The molecule has 0 aliphatic rings. The summed E-state index contributed by atoms with van der Waals surface area (Å²) in [5.41, 5.74) is 3.29. The van der Waals surface area contributed by atoms with Crippen molar-refractivity contribution >= 4 is 9.28 Å². The second-order valence-electron chi connectivity index (χ2n) is 3.54. The van der Waals surface area contributed by atoms with E-state index in [0.717, 1.165) is 39.0 Å². The molecule has 1 unspecified atom stereocenters. The Hall–Kier alpha value is 0.0569. The van der Waals surface area contributed by atoms with E-state index >= 15 is 0 Å². The number of hydrogen-bond donors (Lipinski definition) is 2. The van der Waals surface area contributed by atoms with E-state index in [1.54, 1.807) is 0 Å². The summed E-state index contributed by atoms with van der Waals surface area (Å²) >= 11 is 0. The average Bonchev–Trinajstić information content (AvgIpc) is 2.24. The molecule has 0 aromatic carbocycles. The molecular formula is C10H26N2O2Si. The first-order valence-corrected chi connectivity index (χ1v) is 7.57. The Kier molecular flexibility index (Phi) is 10.6. The molecule has 0 rings (SSSR count). The summed E-state index contributed by atoms with van der Waals surface area (Å²) in [6.07, 6.45) is 3.39. The minimum absolute atomic E-state index is 0.609. The third-order valence-electron chi connectivity index (χ3n) is 2.47. The normalized spacial score (nSPS) is 13.4. The molecule has 0 saturated carbocycles. The molecule has 0 aromatic heterocycles. The van der Waals surface area contributed by atoms with Gasteiger partial charge in [0.05, 0.1) is 0 Å². The van der Waals surface area contributed by atoms with Gasteiger partial charge in [0.25, 0.3) is 0 Å². The monoisotopic (exact) mass is 234 g/mol. The largest absolute Gasteiger partial charge is 0.397 e. The Morgan fingerprint density at radius 1 is 1.20 bits per heavy atom. The zero-order valence-corrected chi connectivity index (χ0v) is 11.4. The second-order valence-corrected chi connectivity index (χ2v) is 5.89. The highest BCUT2D eigenvalue weighted by atomic mass is 28.3. The number of rotatable bonds is 10. The van der Waals surface area contributed by atoms with Crippen molar-refractivity contribution in [2.75, 3.05) is 19.8 Å². The van der Waals surface area contributed by atoms with Crippen molar-refractivity contribution in [2.24, 2.45) is 5.84 Å². The van der Waals surface area contributed by atoms with Crippen LogP contribution in [0.2, 0.25) is 5.54 Å². The highest BCUT2D eigenvalue weighted by Crippen LogP contribution is 2.22. The molecule has 0 amide bonds. The van der Waals surface area contributed by atoms with Gasteiger partial charge in [-0.15, -0.1) is 0 Å². The number of nitrogens with two attached hydrogens (primary N) is 1. The molecule has 0 heterocycles. The lowest BCUT2D eigenvalue weighted by atomic mass is 10.2. The van der Waals surface area contributed by atoms with E-state index in [9.17, 15) is 0 Å². The van der Waals surface area contributed by atoms with Gasteiger partial charge in [-0.2, -0.15) is 0 Å². The van der Waals surface area contributed by atoms with Crippen LogP contribution in [0, 0.1) is 0 Å². The predicted molar refractivity (Wildman–Crippen MR) is 65.9 cm³/mol. The fourth-order valence-electron chi connectivity index (χ4n) is 1.65. The fourth-order valence-corrected chi connectivity index (χ4v) is 3.84. The molecule has 4 nitrogen and oxygen atoms in total. The van der Waals surface area contributed by atoms with Gasteiger partial charge >= 0.3 is 9.28 Å². The molecule has 92 valence electrons. The molecule has 0 radical (unpaired) electrons. The Morgan fingerprint density at radius 2 is 1.80 bits per heavy atom. The summed E-state index contributed by atoms with van der Waals surface area (Å²) in [4.78, 5) is 0. The van der Waals surface area contributed by atoms with Crippen molar-refractivity contribution in [2.45, 2.75) is 45.6 Å². The molecule has 0 aliphatic heterocycles. The number of nitrogens with one attached hydrogen (secondary N) is 1. The maximum Gasteiger partial charge on any atom is 0.324 e. The van der Waals surface area contributed by atoms with Gasteiger partial charge in [0.2, 0.25) is 0 Å². The van der Waals surface area contributed by atoms with Gasteiger partial charge in [-0.3, -0.25) is 11.3 Å². The van der Waals surface area contributed by atoms with Crippen molar-refractivity contribution in [1.82, 2.24) is 5.43 Å². The van der Waals surface area contributed by atoms with E-state index in [4.69, 9.17) is 14.7 Å². The summed E-state index contributed by atoms with van der Waals surface area (Å²) in [5, 5.41) is 0. The molecule has 5 heteroatoms. The lowest BCUT2D eigenvalue weighted by molar-refractivity contribution is 0.200. The minimum atomic E-state index is -1.46. The van der Waals surface area contributed by atoms with Crippen LogP contribution in [-0.4, -0.2) is 29.0 Å². The second kappa shape index (κ2) is 10.6. The van der Waals surface area contributed by atoms with Gasteiger partial charge in [-0.05, 0) is 32.2 Å². The Labute approximate surface area is 95.3 Å². The summed E-state index contributed by atoms with van der Waals surface area (Å²) in [5.74, 6) is 5.25. The van der Waals surface area contributed by atoms with Gasteiger partial charge in [-0.1, -0.05) is 13.3 Å². The van der Waals surface area contributed by atoms with Gasteiger partial charge in [0.1, 0.15) is 0 Å². The minimum Gasteiger partial charge on any atom is -0.397 e. The lowest BCUT2D eigenvalue weighted by Crippen LogP contribution is -2.30. The maximum atomic E-state index is 5.73.